The van der Waals surface area contributed by atoms with Crippen LogP contribution in [0.25, 0.3) is 28.2 Å². The Morgan fingerprint density at radius 3 is 2.00 bits per heavy atom. The van der Waals surface area contributed by atoms with Gasteiger partial charge >= 0.3 is 0 Å². The van der Waals surface area contributed by atoms with E-state index in [9.17, 15) is 4.39 Å². The summed E-state index contributed by atoms with van der Waals surface area (Å²) in [6.45, 7) is 2.05. The van der Waals surface area contributed by atoms with Gasteiger partial charge in [0.05, 0.1) is 17.1 Å². The highest BCUT2D eigenvalue weighted by Crippen LogP contribution is 2.34. The van der Waals surface area contributed by atoms with E-state index >= 15 is 0 Å². The van der Waals surface area contributed by atoms with E-state index in [4.69, 9.17) is 5.10 Å². The van der Waals surface area contributed by atoms with Gasteiger partial charge in [-0.2, -0.15) is 5.10 Å². The van der Waals surface area contributed by atoms with Crippen LogP contribution in [0.2, 0.25) is 0 Å². The summed E-state index contributed by atoms with van der Waals surface area (Å²) in [5.41, 5.74) is 5.61. The monoisotopic (exact) mass is 484 g/mol. The van der Waals surface area contributed by atoms with Gasteiger partial charge < -0.3 is 0 Å². The molecule has 0 N–H and O–H groups in total. The molecule has 0 unspecified atom stereocenters. The average molecular weight is 486 g/mol. The summed E-state index contributed by atoms with van der Waals surface area (Å²) in [4.78, 5) is 0. The number of hydrogen-bond donors (Lipinski definition) is 0. The molecule has 4 rings (SSSR count). The van der Waals surface area contributed by atoms with Gasteiger partial charge in [0.2, 0.25) is 0 Å². The zero-order chi connectivity index (χ0) is 19.0. The predicted molar refractivity (Wildman–Crippen MR) is 115 cm³/mol. The van der Waals surface area contributed by atoms with E-state index < -0.39 is 0 Å². The molecule has 0 spiro atoms. The van der Waals surface area contributed by atoms with Crippen molar-refractivity contribution in [2.75, 3.05) is 0 Å². The first-order valence-electron chi connectivity index (χ1n) is 8.40. The SMILES string of the molecule is Cc1c(-c2ccc(Br)cc2)nn(-c2cccc(F)c2)c1-c1ccc(Br)cc1. The van der Waals surface area contributed by atoms with Crippen molar-refractivity contribution in [3.05, 3.63) is 93.1 Å². The number of nitrogens with zero attached hydrogens (tertiary/aromatic N) is 2. The van der Waals surface area contributed by atoms with Crippen LogP contribution < -0.4 is 0 Å². The second-order valence-corrected chi connectivity index (χ2v) is 8.06. The van der Waals surface area contributed by atoms with E-state index in [1.54, 1.807) is 6.07 Å². The van der Waals surface area contributed by atoms with Crippen LogP contribution >= 0.6 is 31.9 Å². The standard InChI is InChI=1S/C22H15Br2FN2/c1-14-21(15-5-9-17(23)10-6-15)26-27(20-4-2-3-19(25)13-20)22(14)16-7-11-18(24)12-8-16/h2-13H,1H3. The molecule has 0 fully saturated rings. The van der Waals surface area contributed by atoms with Crippen molar-refractivity contribution in [2.45, 2.75) is 6.92 Å². The molecular weight excluding hydrogens is 471 g/mol. The molecule has 3 aromatic carbocycles. The predicted octanol–water partition coefficient (Wildman–Crippen LogP) is 7.18. The van der Waals surface area contributed by atoms with E-state index in [1.165, 1.54) is 12.1 Å². The molecule has 0 saturated heterocycles. The van der Waals surface area contributed by atoms with Crippen LogP contribution in [0, 0.1) is 12.7 Å². The number of benzene rings is 3. The third kappa shape index (κ3) is 3.62. The van der Waals surface area contributed by atoms with Crippen molar-refractivity contribution in [3.63, 3.8) is 0 Å². The molecule has 0 atom stereocenters. The molecular formula is C22H15Br2FN2. The quantitative estimate of drug-likeness (QED) is 0.300. The summed E-state index contributed by atoms with van der Waals surface area (Å²) in [7, 11) is 0. The lowest BCUT2D eigenvalue weighted by Gasteiger charge is -2.09. The van der Waals surface area contributed by atoms with Gasteiger partial charge in [-0.05, 0) is 49.4 Å². The summed E-state index contributed by atoms with van der Waals surface area (Å²) in [6, 6.07) is 22.6. The fourth-order valence-corrected chi connectivity index (χ4v) is 3.65. The fourth-order valence-electron chi connectivity index (χ4n) is 3.12. The van der Waals surface area contributed by atoms with Crippen molar-refractivity contribution in [1.29, 1.82) is 0 Å². The molecule has 27 heavy (non-hydrogen) atoms. The molecule has 0 saturated carbocycles. The number of halogens is 3. The summed E-state index contributed by atoms with van der Waals surface area (Å²) in [5.74, 6) is -0.285. The van der Waals surface area contributed by atoms with Crippen LogP contribution in [0.4, 0.5) is 4.39 Å². The Hall–Kier alpha value is -2.24. The van der Waals surface area contributed by atoms with E-state index in [2.05, 4.69) is 38.8 Å². The van der Waals surface area contributed by atoms with Crippen LogP contribution in [0.5, 0.6) is 0 Å². The Morgan fingerprint density at radius 1 is 0.815 bits per heavy atom. The zero-order valence-corrected chi connectivity index (χ0v) is 17.6. The van der Waals surface area contributed by atoms with Crippen molar-refractivity contribution in [2.24, 2.45) is 0 Å². The van der Waals surface area contributed by atoms with E-state index in [0.717, 1.165) is 37.0 Å². The van der Waals surface area contributed by atoms with Crippen molar-refractivity contribution < 1.29 is 4.39 Å². The molecule has 1 aromatic heterocycles. The lowest BCUT2D eigenvalue weighted by Crippen LogP contribution is -2.00. The summed E-state index contributed by atoms with van der Waals surface area (Å²) < 4.78 is 17.7. The largest absolute Gasteiger partial charge is 0.232 e. The highest BCUT2D eigenvalue weighted by Gasteiger charge is 2.19. The molecule has 134 valence electrons. The first-order chi connectivity index (χ1) is 13.0. The molecule has 0 aliphatic carbocycles. The second-order valence-electron chi connectivity index (χ2n) is 6.23. The molecule has 1 heterocycles. The maximum absolute atomic E-state index is 13.9. The lowest BCUT2D eigenvalue weighted by atomic mass is 10.0. The highest BCUT2D eigenvalue weighted by molar-refractivity contribution is 9.10. The molecule has 0 bridgehead atoms. The normalized spacial score (nSPS) is 11.0. The third-order valence-electron chi connectivity index (χ3n) is 4.41. The van der Waals surface area contributed by atoms with E-state index in [-0.39, 0.29) is 5.82 Å². The third-order valence-corrected chi connectivity index (χ3v) is 5.47. The minimum absolute atomic E-state index is 0.285. The van der Waals surface area contributed by atoms with E-state index in [0.29, 0.717) is 5.69 Å². The average Bonchev–Trinajstić information content (AvgIpc) is 3.00. The molecule has 0 aliphatic heterocycles. The van der Waals surface area contributed by atoms with Gasteiger partial charge in [0.1, 0.15) is 5.82 Å². The van der Waals surface area contributed by atoms with Crippen LogP contribution in [-0.2, 0) is 0 Å². The van der Waals surface area contributed by atoms with Gasteiger partial charge in [-0.15, -0.1) is 0 Å². The summed E-state index contributed by atoms with van der Waals surface area (Å²) in [6.07, 6.45) is 0. The lowest BCUT2D eigenvalue weighted by molar-refractivity contribution is 0.625. The van der Waals surface area contributed by atoms with Gasteiger partial charge in [0, 0.05) is 25.6 Å². The Balaban J connectivity index is 1.97. The first-order valence-corrected chi connectivity index (χ1v) is 9.99. The smallest absolute Gasteiger partial charge is 0.125 e. The van der Waals surface area contributed by atoms with Crippen LogP contribution in [0.1, 0.15) is 5.56 Å². The number of hydrogen-bond acceptors (Lipinski definition) is 1. The fraction of sp³-hybridized carbons (Fsp3) is 0.0455. The second kappa shape index (κ2) is 7.41. The first kappa shape index (κ1) is 18.1. The van der Waals surface area contributed by atoms with Crippen LogP contribution in [0.3, 0.4) is 0 Å². The number of aromatic nitrogens is 2. The molecule has 0 amide bonds. The van der Waals surface area contributed by atoms with Gasteiger partial charge in [0.25, 0.3) is 0 Å². The Labute approximate surface area is 173 Å². The highest BCUT2D eigenvalue weighted by atomic mass is 79.9. The van der Waals surface area contributed by atoms with Gasteiger partial charge in [-0.1, -0.05) is 62.2 Å². The van der Waals surface area contributed by atoms with Gasteiger partial charge in [-0.25, -0.2) is 9.07 Å². The van der Waals surface area contributed by atoms with E-state index in [1.807, 2.05) is 59.3 Å². The maximum Gasteiger partial charge on any atom is 0.125 e. The summed E-state index contributed by atoms with van der Waals surface area (Å²) >= 11 is 6.95. The molecule has 4 aromatic rings. The Kier molecular flexibility index (Phi) is 4.98. The van der Waals surface area contributed by atoms with Gasteiger partial charge in [-0.3, -0.25) is 0 Å². The minimum atomic E-state index is -0.285. The maximum atomic E-state index is 13.9. The van der Waals surface area contributed by atoms with Crippen LogP contribution in [-0.4, -0.2) is 9.78 Å². The van der Waals surface area contributed by atoms with Crippen molar-refractivity contribution in [3.8, 4) is 28.2 Å². The Morgan fingerprint density at radius 2 is 1.41 bits per heavy atom. The van der Waals surface area contributed by atoms with Crippen molar-refractivity contribution in [1.82, 2.24) is 9.78 Å². The van der Waals surface area contributed by atoms with Crippen molar-refractivity contribution >= 4 is 31.9 Å². The molecule has 5 heteroatoms. The summed E-state index contributed by atoms with van der Waals surface area (Å²) in [5, 5.41) is 4.84. The molecule has 2 nitrogen and oxygen atoms in total. The molecule has 0 aliphatic rings. The van der Waals surface area contributed by atoms with Crippen LogP contribution in [0.15, 0.2) is 81.7 Å². The topological polar surface area (TPSA) is 17.8 Å². The molecule has 0 radical (unpaired) electrons. The number of rotatable bonds is 3. The Bertz CT molecular complexity index is 1100. The minimum Gasteiger partial charge on any atom is -0.232 e. The zero-order valence-electron chi connectivity index (χ0n) is 14.5. The van der Waals surface area contributed by atoms with Gasteiger partial charge in [0.15, 0.2) is 0 Å².